The molecule has 158 valence electrons. The van der Waals surface area contributed by atoms with Crippen molar-refractivity contribution in [1.82, 2.24) is 18.9 Å². The van der Waals surface area contributed by atoms with Gasteiger partial charge in [0, 0.05) is 24.7 Å². The number of hydrogen-bond donors (Lipinski definition) is 1. The maximum absolute atomic E-state index is 12.8. The summed E-state index contributed by atoms with van der Waals surface area (Å²) in [4.78, 5) is 16.4. The second-order valence-electron chi connectivity index (χ2n) is 6.76. The van der Waals surface area contributed by atoms with E-state index in [1.807, 2.05) is 0 Å². The number of halogens is 3. The lowest BCUT2D eigenvalue weighted by Gasteiger charge is -2.15. The smallest absolute Gasteiger partial charge is 0.319 e. The van der Waals surface area contributed by atoms with Crippen molar-refractivity contribution in [3.05, 3.63) is 54.0 Å². The number of fused-ring (bicyclic) bond motifs is 1. The number of aromatic nitrogens is 3. The summed E-state index contributed by atoms with van der Waals surface area (Å²) in [5.74, 6) is -0.565. The Morgan fingerprint density at radius 1 is 1.10 bits per heavy atom. The van der Waals surface area contributed by atoms with Crippen LogP contribution in [0.15, 0.2) is 47.6 Å². The summed E-state index contributed by atoms with van der Waals surface area (Å²) in [5, 5.41) is 5.92. The third kappa shape index (κ3) is 3.87. The van der Waals surface area contributed by atoms with Crippen molar-refractivity contribution in [3.63, 3.8) is 0 Å². The average molecular weight is 439 g/mol. The van der Waals surface area contributed by atoms with Crippen LogP contribution in [0.2, 0.25) is 0 Å². The predicted molar refractivity (Wildman–Crippen MR) is 100 cm³/mol. The molecule has 30 heavy (non-hydrogen) atoms. The third-order valence-corrected chi connectivity index (χ3v) is 6.59. The zero-order valence-corrected chi connectivity index (χ0v) is 16.2. The molecule has 1 aliphatic rings. The minimum absolute atomic E-state index is 0.0169. The molecular weight excluding hydrogens is 423 g/mol. The van der Waals surface area contributed by atoms with Crippen molar-refractivity contribution >= 4 is 27.3 Å². The average Bonchev–Trinajstić information content (AvgIpc) is 3.37. The molecule has 1 fully saturated rings. The van der Waals surface area contributed by atoms with E-state index in [9.17, 15) is 26.4 Å². The third-order valence-electron chi connectivity index (χ3n) is 4.68. The Kier molecular flexibility index (Phi) is 4.98. The van der Waals surface area contributed by atoms with Gasteiger partial charge >= 0.3 is 6.18 Å². The van der Waals surface area contributed by atoms with Crippen LogP contribution in [-0.4, -0.2) is 46.3 Å². The fourth-order valence-electron chi connectivity index (χ4n) is 3.14. The molecule has 3 aromatic rings. The molecule has 1 aromatic carbocycles. The van der Waals surface area contributed by atoms with Gasteiger partial charge in [0.05, 0.1) is 23.0 Å². The first-order valence-corrected chi connectivity index (χ1v) is 10.4. The van der Waals surface area contributed by atoms with Gasteiger partial charge in [-0.05, 0) is 37.1 Å². The summed E-state index contributed by atoms with van der Waals surface area (Å²) in [7, 11) is -3.59. The molecule has 0 spiro atoms. The van der Waals surface area contributed by atoms with E-state index in [-0.39, 0.29) is 21.8 Å². The lowest BCUT2D eigenvalue weighted by atomic mass is 10.2. The number of carbonyl (C=O) groups excluding carboxylic acids is 1. The van der Waals surface area contributed by atoms with Crippen LogP contribution in [0.1, 0.15) is 28.9 Å². The molecule has 0 radical (unpaired) electrons. The Morgan fingerprint density at radius 2 is 1.77 bits per heavy atom. The highest BCUT2D eigenvalue weighted by atomic mass is 32.2. The largest absolute Gasteiger partial charge is 0.435 e. The lowest BCUT2D eigenvalue weighted by Crippen LogP contribution is -2.27. The van der Waals surface area contributed by atoms with Crippen LogP contribution in [0.5, 0.6) is 0 Å². The summed E-state index contributed by atoms with van der Waals surface area (Å²) in [5.41, 5.74) is -0.782. The van der Waals surface area contributed by atoms with Crippen LogP contribution in [0, 0.1) is 0 Å². The van der Waals surface area contributed by atoms with Gasteiger partial charge in [0.2, 0.25) is 10.0 Å². The van der Waals surface area contributed by atoms with Gasteiger partial charge in [0.25, 0.3) is 5.91 Å². The fourth-order valence-corrected chi connectivity index (χ4v) is 4.66. The molecule has 1 aliphatic heterocycles. The van der Waals surface area contributed by atoms with E-state index >= 15 is 0 Å². The van der Waals surface area contributed by atoms with Crippen LogP contribution in [0.3, 0.4) is 0 Å². The van der Waals surface area contributed by atoms with E-state index in [0.717, 1.165) is 23.4 Å². The molecule has 0 atom stereocenters. The normalized spacial score (nSPS) is 15.6. The Labute approximate surface area is 169 Å². The molecule has 1 saturated heterocycles. The Hall–Kier alpha value is -2.99. The number of nitrogens with one attached hydrogen (secondary N) is 1. The highest BCUT2D eigenvalue weighted by molar-refractivity contribution is 7.89. The lowest BCUT2D eigenvalue weighted by molar-refractivity contribution is -0.141. The summed E-state index contributed by atoms with van der Waals surface area (Å²) in [6.45, 7) is 0.951. The molecule has 0 unspecified atom stereocenters. The molecular formula is C18H16F3N5O3S. The first kappa shape index (κ1) is 20.3. The van der Waals surface area contributed by atoms with E-state index in [4.69, 9.17) is 0 Å². The topological polar surface area (TPSA) is 96.7 Å². The first-order valence-electron chi connectivity index (χ1n) is 8.99. The van der Waals surface area contributed by atoms with Crippen molar-refractivity contribution in [1.29, 1.82) is 0 Å². The molecule has 4 rings (SSSR count). The fraction of sp³-hybridized carbons (Fsp3) is 0.278. The van der Waals surface area contributed by atoms with Gasteiger partial charge in [0.15, 0.2) is 11.3 Å². The monoisotopic (exact) mass is 439 g/mol. The summed E-state index contributed by atoms with van der Waals surface area (Å²) >= 11 is 0. The van der Waals surface area contributed by atoms with Gasteiger partial charge in [-0.25, -0.2) is 17.9 Å². The summed E-state index contributed by atoms with van der Waals surface area (Å²) < 4.78 is 65.7. The van der Waals surface area contributed by atoms with Crippen LogP contribution in [0.25, 0.3) is 5.65 Å². The minimum Gasteiger partial charge on any atom is -0.319 e. The van der Waals surface area contributed by atoms with Crippen molar-refractivity contribution in [2.45, 2.75) is 23.9 Å². The quantitative estimate of drug-likeness (QED) is 0.674. The second kappa shape index (κ2) is 7.36. The zero-order valence-electron chi connectivity index (χ0n) is 15.4. The van der Waals surface area contributed by atoms with E-state index < -0.39 is 27.8 Å². The zero-order chi connectivity index (χ0) is 21.5. The number of anilines is 1. The number of benzene rings is 1. The van der Waals surface area contributed by atoms with Gasteiger partial charge in [-0.1, -0.05) is 0 Å². The molecule has 0 aliphatic carbocycles. The van der Waals surface area contributed by atoms with Crippen LogP contribution >= 0.6 is 0 Å². The highest BCUT2D eigenvalue weighted by Crippen LogP contribution is 2.28. The predicted octanol–water partition coefficient (Wildman–Crippen LogP) is 2.78. The minimum atomic E-state index is -4.60. The molecule has 3 heterocycles. The molecule has 0 bridgehead atoms. The maximum Gasteiger partial charge on any atom is 0.435 e. The number of nitrogens with zero attached hydrogens (tertiary/aromatic N) is 4. The number of sulfonamides is 1. The number of hydrogen-bond acceptors (Lipinski definition) is 5. The van der Waals surface area contributed by atoms with Crippen molar-refractivity contribution in [2.24, 2.45) is 0 Å². The summed E-state index contributed by atoms with van der Waals surface area (Å²) in [6.07, 6.45) is -0.547. The van der Waals surface area contributed by atoms with Crippen molar-refractivity contribution < 1.29 is 26.4 Å². The van der Waals surface area contributed by atoms with Gasteiger partial charge in [0.1, 0.15) is 0 Å². The SMILES string of the molecule is O=C(Nc1cnc2cc(C(F)(F)F)nn2c1)c1ccc(S(=O)(=O)N2CCCC2)cc1. The molecule has 2 aromatic heterocycles. The molecule has 0 saturated carbocycles. The number of alkyl halides is 3. The Morgan fingerprint density at radius 3 is 2.40 bits per heavy atom. The molecule has 1 N–H and O–H groups in total. The van der Waals surface area contributed by atoms with Crippen LogP contribution in [0.4, 0.5) is 18.9 Å². The number of amides is 1. The Bertz CT molecular complexity index is 1200. The van der Waals surface area contributed by atoms with Gasteiger partial charge in [-0.15, -0.1) is 0 Å². The van der Waals surface area contributed by atoms with E-state index in [0.29, 0.717) is 13.1 Å². The second-order valence-corrected chi connectivity index (χ2v) is 8.70. The van der Waals surface area contributed by atoms with E-state index in [2.05, 4.69) is 15.4 Å². The number of rotatable bonds is 4. The maximum atomic E-state index is 12.8. The van der Waals surface area contributed by atoms with E-state index in [1.165, 1.54) is 41.0 Å². The number of carbonyl (C=O) groups is 1. The molecule has 1 amide bonds. The van der Waals surface area contributed by atoms with Crippen molar-refractivity contribution in [3.8, 4) is 0 Å². The summed E-state index contributed by atoms with van der Waals surface area (Å²) in [6, 6.07) is 6.26. The standard InChI is InChI=1S/C18H16F3N5O3S/c19-18(20,21)15-9-16-22-10-13(11-26(16)24-15)23-17(27)12-3-5-14(6-4-12)30(28,29)25-7-1-2-8-25/h3-6,9-11H,1-2,7-8H2,(H,23,27). The highest BCUT2D eigenvalue weighted by Gasteiger charge is 2.34. The van der Waals surface area contributed by atoms with Crippen molar-refractivity contribution in [2.75, 3.05) is 18.4 Å². The molecule has 8 nitrogen and oxygen atoms in total. The van der Waals surface area contributed by atoms with Gasteiger partial charge in [-0.3, -0.25) is 4.79 Å². The van der Waals surface area contributed by atoms with Crippen LogP contribution < -0.4 is 5.32 Å². The molecule has 12 heteroatoms. The van der Waals surface area contributed by atoms with Gasteiger partial charge in [-0.2, -0.15) is 22.6 Å². The van der Waals surface area contributed by atoms with Gasteiger partial charge < -0.3 is 5.32 Å². The Balaban J connectivity index is 1.51. The van der Waals surface area contributed by atoms with E-state index in [1.54, 1.807) is 0 Å². The van der Waals surface area contributed by atoms with Crippen LogP contribution in [-0.2, 0) is 16.2 Å². The first-order chi connectivity index (χ1) is 14.1.